The monoisotopic (exact) mass is 449 g/mol. The van der Waals surface area contributed by atoms with E-state index in [2.05, 4.69) is 5.32 Å². The number of nitrogens with one attached hydrogen (secondary N) is 1. The lowest BCUT2D eigenvalue weighted by Crippen LogP contribution is -2.16. The minimum Gasteiger partial charge on any atom is -0.462 e. The highest BCUT2D eigenvalue weighted by Gasteiger charge is 2.26. The Balaban J connectivity index is 1.67. The average Bonchev–Trinajstić information content (AvgIpc) is 2.89. The molecule has 1 aromatic carbocycles. The quantitative estimate of drug-likeness (QED) is 0.477. The number of amides is 1. The number of sulfone groups is 1. The Labute approximate surface area is 181 Å². The van der Waals surface area contributed by atoms with E-state index in [0.717, 1.165) is 42.5 Å². The Morgan fingerprint density at radius 3 is 2.57 bits per heavy atom. The van der Waals surface area contributed by atoms with E-state index in [1.807, 2.05) is 0 Å². The topological polar surface area (TPSA) is 89.5 Å². The van der Waals surface area contributed by atoms with Crippen LogP contribution < -0.4 is 5.32 Å². The maximum Gasteiger partial charge on any atom is 0.341 e. The maximum atomic E-state index is 12.5. The van der Waals surface area contributed by atoms with E-state index in [4.69, 9.17) is 4.74 Å². The van der Waals surface area contributed by atoms with Crippen LogP contribution in [0.1, 0.15) is 59.8 Å². The SMILES string of the molecule is CCOC(=O)c1c(NC(=O)CCCS(=O)(=O)c2ccccc2)sc2c1CCCCC2. The Kier molecular flexibility index (Phi) is 7.66. The van der Waals surface area contributed by atoms with Crippen molar-refractivity contribution in [2.75, 3.05) is 17.7 Å². The standard InChI is InChI=1S/C22H27NO5S2/c1-2-28-22(25)20-17-12-7-4-8-13-18(17)29-21(20)23-19(24)14-9-15-30(26,27)16-10-5-3-6-11-16/h3,5-6,10-11H,2,4,7-9,12-15H2,1H3,(H,23,24). The van der Waals surface area contributed by atoms with E-state index in [1.54, 1.807) is 37.3 Å². The number of esters is 1. The van der Waals surface area contributed by atoms with Crippen molar-refractivity contribution < 1.29 is 22.7 Å². The highest BCUT2D eigenvalue weighted by atomic mass is 32.2. The van der Waals surface area contributed by atoms with Crippen molar-refractivity contribution in [1.82, 2.24) is 0 Å². The summed E-state index contributed by atoms with van der Waals surface area (Å²) in [6.45, 7) is 2.03. The molecule has 0 radical (unpaired) electrons. The summed E-state index contributed by atoms with van der Waals surface area (Å²) in [6.07, 6.45) is 5.20. The number of fused-ring (bicyclic) bond motifs is 1. The Bertz CT molecular complexity index is 996. The van der Waals surface area contributed by atoms with Crippen molar-refractivity contribution in [2.24, 2.45) is 0 Å². The molecule has 0 aliphatic heterocycles. The number of thiophene rings is 1. The van der Waals surface area contributed by atoms with Gasteiger partial charge in [0.2, 0.25) is 5.91 Å². The molecule has 1 heterocycles. The second-order valence-corrected chi connectivity index (χ2v) is 10.5. The molecule has 162 valence electrons. The first kappa shape index (κ1) is 22.5. The number of hydrogen-bond acceptors (Lipinski definition) is 6. The van der Waals surface area contributed by atoms with Crippen LogP contribution in [0.25, 0.3) is 0 Å². The number of carbonyl (C=O) groups excluding carboxylic acids is 2. The third-order valence-electron chi connectivity index (χ3n) is 5.07. The molecule has 3 rings (SSSR count). The fourth-order valence-corrected chi connectivity index (χ4v) is 6.23. The lowest BCUT2D eigenvalue weighted by atomic mass is 10.1. The maximum absolute atomic E-state index is 12.5. The van der Waals surface area contributed by atoms with Crippen molar-refractivity contribution >= 4 is 38.1 Å². The van der Waals surface area contributed by atoms with Gasteiger partial charge in [-0.1, -0.05) is 24.6 Å². The van der Waals surface area contributed by atoms with Gasteiger partial charge in [-0.2, -0.15) is 0 Å². The number of rotatable bonds is 8. The molecule has 0 atom stereocenters. The summed E-state index contributed by atoms with van der Waals surface area (Å²) in [5.41, 5.74) is 1.47. The molecule has 0 saturated heterocycles. The van der Waals surface area contributed by atoms with Gasteiger partial charge in [-0.15, -0.1) is 11.3 Å². The normalized spacial score (nSPS) is 13.9. The van der Waals surface area contributed by atoms with Gasteiger partial charge in [-0.05, 0) is 56.7 Å². The lowest BCUT2D eigenvalue weighted by Gasteiger charge is -2.09. The molecular formula is C22H27NO5S2. The van der Waals surface area contributed by atoms with Gasteiger partial charge in [0.1, 0.15) is 5.00 Å². The molecule has 1 N–H and O–H groups in total. The van der Waals surface area contributed by atoms with Crippen LogP contribution in [0.3, 0.4) is 0 Å². The zero-order chi connectivity index (χ0) is 21.6. The molecule has 2 aromatic rings. The second kappa shape index (κ2) is 10.2. The van der Waals surface area contributed by atoms with Crippen molar-refractivity contribution in [3.63, 3.8) is 0 Å². The first-order chi connectivity index (χ1) is 14.4. The molecule has 1 amide bonds. The minimum absolute atomic E-state index is 0.0664. The number of anilines is 1. The summed E-state index contributed by atoms with van der Waals surface area (Å²) in [5, 5.41) is 3.36. The van der Waals surface area contributed by atoms with E-state index >= 15 is 0 Å². The molecule has 6 nitrogen and oxygen atoms in total. The molecule has 8 heteroatoms. The summed E-state index contributed by atoms with van der Waals surface area (Å²) in [6, 6.07) is 8.23. The lowest BCUT2D eigenvalue weighted by molar-refractivity contribution is -0.116. The van der Waals surface area contributed by atoms with E-state index in [0.29, 0.717) is 10.6 Å². The molecule has 0 spiro atoms. The summed E-state index contributed by atoms with van der Waals surface area (Å²) in [4.78, 5) is 26.4. The molecule has 0 unspecified atom stereocenters. The highest BCUT2D eigenvalue weighted by Crippen LogP contribution is 2.38. The molecule has 30 heavy (non-hydrogen) atoms. The van der Waals surface area contributed by atoms with Gasteiger partial charge in [0, 0.05) is 11.3 Å². The summed E-state index contributed by atoms with van der Waals surface area (Å²) < 4.78 is 30.0. The van der Waals surface area contributed by atoms with Crippen LogP contribution in [0, 0.1) is 0 Å². The predicted octanol–water partition coefficient (Wildman–Crippen LogP) is 4.39. The van der Waals surface area contributed by atoms with Gasteiger partial charge in [0.15, 0.2) is 9.84 Å². The second-order valence-electron chi connectivity index (χ2n) is 7.27. The fraction of sp³-hybridized carbons (Fsp3) is 0.455. The number of aryl methyl sites for hydroxylation is 1. The predicted molar refractivity (Wildman–Crippen MR) is 118 cm³/mol. The summed E-state index contributed by atoms with van der Waals surface area (Å²) in [5.74, 6) is -0.796. The van der Waals surface area contributed by atoms with Crippen LogP contribution in [-0.4, -0.2) is 32.7 Å². The first-order valence-corrected chi connectivity index (χ1v) is 12.8. The number of benzene rings is 1. The van der Waals surface area contributed by atoms with Crippen molar-refractivity contribution in [3.8, 4) is 0 Å². The average molecular weight is 450 g/mol. The number of ether oxygens (including phenoxy) is 1. The van der Waals surface area contributed by atoms with Crippen molar-refractivity contribution in [2.45, 2.75) is 56.8 Å². The number of hydrogen-bond donors (Lipinski definition) is 1. The molecule has 1 aromatic heterocycles. The van der Waals surface area contributed by atoms with Gasteiger partial charge in [-0.25, -0.2) is 13.2 Å². The van der Waals surface area contributed by atoms with E-state index < -0.39 is 15.8 Å². The third-order valence-corrected chi connectivity index (χ3v) is 8.10. The van der Waals surface area contributed by atoms with Gasteiger partial charge in [-0.3, -0.25) is 4.79 Å². The molecule has 1 aliphatic rings. The molecule has 0 fully saturated rings. The minimum atomic E-state index is -3.42. The Hall–Kier alpha value is -2.19. The molecular weight excluding hydrogens is 422 g/mol. The smallest absolute Gasteiger partial charge is 0.341 e. The molecule has 0 bridgehead atoms. The van der Waals surface area contributed by atoms with Gasteiger partial charge in [0.25, 0.3) is 0 Å². The van der Waals surface area contributed by atoms with E-state index in [1.165, 1.54) is 11.3 Å². The van der Waals surface area contributed by atoms with Gasteiger partial charge >= 0.3 is 5.97 Å². The van der Waals surface area contributed by atoms with E-state index in [-0.39, 0.29) is 36.0 Å². The van der Waals surface area contributed by atoms with Crippen molar-refractivity contribution in [1.29, 1.82) is 0 Å². The molecule has 1 aliphatic carbocycles. The highest BCUT2D eigenvalue weighted by molar-refractivity contribution is 7.91. The van der Waals surface area contributed by atoms with Gasteiger partial charge in [0.05, 0.1) is 22.8 Å². The van der Waals surface area contributed by atoms with Crippen LogP contribution in [-0.2, 0) is 32.2 Å². The molecule has 0 saturated carbocycles. The largest absolute Gasteiger partial charge is 0.462 e. The number of carbonyl (C=O) groups is 2. The van der Waals surface area contributed by atoms with Crippen LogP contribution in [0.15, 0.2) is 35.2 Å². The van der Waals surface area contributed by atoms with Crippen molar-refractivity contribution in [3.05, 3.63) is 46.3 Å². The summed E-state index contributed by atoms with van der Waals surface area (Å²) >= 11 is 1.44. The van der Waals surface area contributed by atoms with Gasteiger partial charge < -0.3 is 10.1 Å². The third kappa shape index (κ3) is 5.49. The zero-order valence-corrected chi connectivity index (χ0v) is 18.7. The van der Waals surface area contributed by atoms with Crippen LogP contribution in [0.5, 0.6) is 0 Å². The first-order valence-electron chi connectivity index (χ1n) is 10.3. The Morgan fingerprint density at radius 1 is 1.10 bits per heavy atom. The zero-order valence-electron chi connectivity index (χ0n) is 17.1. The van der Waals surface area contributed by atoms with Crippen LogP contribution >= 0.6 is 11.3 Å². The fourth-order valence-electron chi connectivity index (χ4n) is 3.61. The van der Waals surface area contributed by atoms with Crippen LogP contribution in [0.2, 0.25) is 0 Å². The van der Waals surface area contributed by atoms with Crippen LogP contribution in [0.4, 0.5) is 5.00 Å². The Morgan fingerprint density at radius 2 is 1.83 bits per heavy atom. The van der Waals surface area contributed by atoms with E-state index in [9.17, 15) is 18.0 Å². The summed E-state index contributed by atoms with van der Waals surface area (Å²) in [7, 11) is -3.42.